The van der Waals surface area contributed by atoms with Crippen molar-refractivity contribution in [2.45, 2.75) is 272 Å². The Balaban J connectivity index is 0.000000367. The van der Waals surface area contributed by atoms with Crippen LogP contribution in [0.4, 0.5) is 10.2 Å². The summed E-state index contributed by atoms with van der Waals surface area (Å²) in [5, 5.41) is 4.45. The summed E-state index contributed by atoms with van der Waals surface area (Å²) >= 11 is 1.81. The number of halogens is 1. The maximum atomic E-state index is 12.5. The van der Waals surface area contributed by atoms with Crippen molar-refractivity contribution in [2.24, 2.45) is 0 Å². The van der Waals surface area contributed by atoms with Crippen LogP contribution in [0.2, 0.25) is 0 Å². The molecule has 13 rings (SSSR count). The first kappa shape index (κ1) is 111. The van der Waals surface area contributed by atoms with Gasteiger partial charge in [-0.15, -0.1) is 11.3 Å². The Bertz CT molecular complexity index is 4880. The van der Waals surface area contributed by atoms with Gasteiger partial charge < -0.3 is 37.8 Å². The van der Waals surface area contributed by atoms with Gasteiger partial charge in [-0.2, -0.15) is 4.98 Å². The largest absolute Gasteiger partial charge is 0.467 e. The highest BCUT2D eigenvalue weighted by molar-refractivity contribution is 7.11. The molecule has 0 radical (unpaired) electrons. The van der Waals surface area contributed by atoms with E-state index in [-0.39, 0.29) is 11.9 Å². The molecule has 0 atom stereocenters. The molecule has 129 heavy (non-hydrogen) atoms. The summed E-state index contributed by atoms with van der Waals surface area (Å²) in [6.07, 6.45) is 18.9. The highest BCUT2D eigenvalue weighted by Gasteiger charge is 2.13. The van der Waals surface area contributed by atoms with Crippen molar-refractivity contribution in [3.05, 3.63) is 286 Å². The number of aryl methyl sites for hydroxylation is 3. The van der Waals surface area contributed by atoms with Gasteiger partial charge in [-0.05, 0) is 203 Å². The van der Waals surface area contributed by atoms with Crippen molar-refractivity contribution >= 4 is 17.2 Å². The van der Waals surface area contributed by atoms with Crippen molar-refractivity contribution in [1.29, 1.82) is 0 Å². The molecule has 0 amide bonds. The normalized spacial score (nSPS) is 10.5. The molecule has 0 aliphatic rings. The maximum absolute atomic E-state index is 12.5. The number of oxazole rings is 2. The van der Waals surface area contributed by atoms with Gasteiger partial charge in [0.25, 0.3) is 0 Å². The highest BCUT2D eigenvalue weighted by Crippen LogP contribution is 2.26. The molecule has 23 nitrogen and oxygen atoms in total. The molecule has 0 unspecified atom stereocenters. The number of ether oxygens (including phenoxy) is 5. The molecule has 2 aromatic carbocycles. The number of hydrogen-bond acceptors (Lipinski definition) is 24. The Hall–Kier alpha value is -11.7. The Kier molecular flexibility index (Phi) is 54.0. The Labute approximate surface area is 774 Å². The van der Waals surface area contributed by atoms with Crippen molar-refractivity contribution in [1.82, 2.24) is 74.8 Å². The van der Waals surface area contributed by atoms with E-state index in [2.05, 4.69) is 296 Å². The second-order valence-electron chi connectivity index (χ2n) is 33.5. The topological polar surface area (TPSA) is 278 Å². The fourth-order valence-corrected chi connectivity index (χ4v) is 11.4. The van der Waals surface area contributed by atoms with Crippen molar-refractivity contribution < 1.29 is 36.9 Å². The molecule has 25 heteroatoms. The van der Waals surface area contributed by atoms with Crippen LogP contribution in [0.3, 0.4) is 0 Å². The minimum absolute atomic E-state index is 0.127. The van der Waals surface area contributed by atoms with Crippen LogP contribution in [0, 0.1) is 26.6 Å². The summed E-state index contributed by atoms with van der Waals surface area (Å²) in [7, 11) is 3.20. The highest BCUT2D eigenvalue weighted by atomic mass is 32.1. The molecule has 1 N–H and O–H groups in total. The van der Waals surface area contributed by atoms with Crippen LogP contribution in [-0.2, 0) is 4.74 Å². The van der Waals surface area contributed by atoms with Gasteiger partial charge >= 0.3 is 24.0 Å². The number of rotatable bonds is 24. The number of anilines is 1. The summed E-state index contributed by atoms with van der Waals surface area (Å²) in [6, 6.07) is 44.8. The van der Waals surface area contributed by atoms with Gasteiger partial charge in [0.15, 0.2) is 24.3 Å². The van der Waals surface area contributed by atoms with Crippen LogP contribution in [0.5, 0.6) is 24.0 Å². The van der Waals surface area contributed by atoms with Gasteiger partial charge in [0.2, 0.25) is 0 Å². The number of thiazole rings is 1. The first-order valence-electron chi connectivity index (χ1n) is 44.7. The van der Waals surface area contributed by atoms with Gasteiger partial charge in [0.05, 0.1) is 72.3 Å². The Morgan fingerprint density at radius 3 is 1.26 bits per heavy atom. The SMILES string of the molecule is CC(C)Oc1nccc(C(C)C)n1.CC(C)c1cc(-c2cnco2)ccn1.CC(C)c1cccc(-c2cnco2)n1.CC(C)c1cccc(F)c1.CC(C)c1ccccc1.CCNc1cccc(C(C)C)n1.CCOc1nccc(C(C)C)n1.COCCOc1nccc(C(C)C)n1.COc1nccc(C(C)C)n1.Cc1cncc(C(C)C)c1.Cc1nc(C(C)C)sc1C. The minimum Gasteiger partial charge on any atom is -0.467 e. The molecule has 0 saturated heterocycles. The zero-order valence-electron chi connectivity index (χ0n) is 82.7. The van der Waals surface area contributed by atoms with Crippen LogP contribution in [0.15, 0.2) is 211 Å². The van der Waals surface area contributed by atoms with Crippen LogP contribution in [0.1, 0.15) is 323 Å². The smallest absolute Gasteiger partial charge is 0.316 e. The number of nitrogens with one attached hydrogen (secondary N) is 1. The molecule has 0 spiro atoms. The molecule has 698 valence electrons. The first-order valence-corrected chi connectivity index (χ1v) is 45.6. The van der Waals surface area contributed by atoms with Gasteiger partial charge in [0, 0.05) is 90.5 Å². The zero-order valence-corrected chi connectivity index (χ0v) is 83.5. The average Bonchev–Trinajstić information content (AvgIpc) is 1.78. The third kappa shape index (κ3) is 46.2. The van der Waals surface area contributed by atoms with E-state index in [4.69, 9.17) is 32.5 Å². The summed E-state index contributed by atoms with van der Waals surface area (Å²) in [5.74, 6) is 7.59. The van der Waals surface area contributed by atoms with E-state index >= 15 is 0 Å². The average molecular weight is 1780 g/mol. The van der Waals surface area contributed by atoms with Crippen molar-refractivity contribution in [3.63, 3.8) is 0 Å². The molecule has 0 saturated carbocycles. The summed E-state index contributed by atoms with van der Waals surface area (Å²) in [6.45, 7) is 63.5. The number of pyridine rings is 4. The van der Waals surface area contributed by atoms with Gasteiger partial charge in [-0.25, -0.2) is 64.2 Å². The minimum atomic E-state index is -0.147. The monoisotopic (exact) mass is 1780 g/mol. The lowest BCUT2D eigenvalue weighted by Crippen LogP contribution is -2.09. The third-order valence-corrected chi connectivity index (χ3v) is 19.6. The zero-order chi connectivity index (χ0) is 95.9. The van der Waals surface area contributed by atoms with E-state index in [9.17, 15) is 4.39 Å². The van der Waals surface area contributed by atoms with E-state index < -0.39 is 0 Å². The van der Waals surface area contributed by atoms with E-state index in [1.54, 1.807) is 69.7 Å². The van der Waals surface area contributed by atoms with Gasteiger partial charge in [-0.3, -0.25) is 9.97 Å². The maximum Gasteiger partial charge on any atom is 0.316 e. The molecule has 13 aromatic rings. The van der Waals surface area contributed by atoms with Gasteiger partial charge in [0.1, 0.15) is 23.9 Å². The van der Waals surface area contributed by atoms with Crippen molar-refractivity contribution in [3.8, 4) is 46.8 Å². The number of nitrogens with zero attached hydrogens (tertiary/aromatic N) is 15. The van der Waals surface area contributed by atoms with E-state index in [0.29, 0.717) is 115 Å². The predicted octanol–water partition coefficient (Wildman–Crippen LogP) is 27.1. The van der Waals surface area contributed by atoms with Crippen LogP contribution >= 0.6 is 11.3 Å². The predicted molar refractivity (Wildman–Crippen MR) is 525 cm³/mol. The second kappa shape index (κ2) is 62.5. The number of benzene rings is 2. The molecule has 0 bridgehead atoms. The standard InChI is InChI=1S/2C11H12N2O.C10H16N2O2.C10H16N2O.C10H16N2.C9H11F.C9H14N2O.C9H13N.C9H12.C8H12N2O.C8H13NS/c1-8(2)10-5-9(3-4-13-10)11-6-12-7-14-11;1-8(2)9-4-3-5-10(13-9)11-6-12-7-14-11;1-8(2)9-4-5-11-10(12-9)14-7-6-13-3;1-7(2)9-5-6-11-10(12-9)13-8(3)4;1-4-11-10-7-5-6-9(12-10)8(2)3;1-7(2)8-4-3-5-9(10)6-8;1-4-12-9-10-6-5-8(11-9)7(2)3;1-7(2)9-4-8(3)5-10-6-9;1-8(2)9-6-4-3-5-7-9;1-6(2)7-4-5-9-8(10-7)11-3;1-5(2)8-9-6(3)7(4)10-8/h2*3-8H,1-2H3;4-5,8H,6-7H2,1-3H3;5-8H,1-4H3;5-8H,4H2,1-3H3,(H,11,12);3-7H,1-2H3;5-7H,4H2,1-3H3;4-7H,1-3H3;3-8H,1-2H3;4-6H,1-3H3;5H,1-4H3. The van der Waals surface area contributed by atoms with E-state index in [1.807, 2.05) is 123 Å². The summed E-state index contributed by atoms with van der Waals surface area (Å²) in [5.41, 5.74) is 15.4. The number of aromatic nitrogens is 15. The van der Waals surface area contributed by atoms with Crippen molar-refractivity contribution in [2.75, 3.05) is 45.9 Å². The molecular formula is C104H147FN16O7S. The Morgan fingerprint density at radius 1 is 0.380 bits per heavy atom. The lowest BCUT2D eigenvalue weighted by atomic mass is 10.0. The lowest BCUT2D eigenvalue weighted by Gasteiger charge is -2.09. The van der Waals surface area contributed by atoms with Gasteiger partial charge in [-0.1, -0.05) is 213 Å². The quantitative estimate of drug-likeness (QED) is 0.0550. The molecule has 11 heterocycles. The van der Waals surface area contributed by atoms with Crippen LogP contribution in [0.25, 0.3) is 22.8 Å². The fourth-order valence-electron chi connectivity index (χ4n) is 10.5. The third-order valence-electron chi connectivity index (χ3n) is 18.2. The molecule has 0 fully saturated rings. The molecule has 0 aliphatic carbocycles. The first-order chi connectivity index (χ1) is 61.4. The van der Waals surface area contributed by atoms with E-state index in [1.165, 1.54) is 51.1 Å². The number of methoxy groups -OCH3 is 2. The fraction of sp³-hybridized carbons (Fsp3) is 0.452. The second-order valence-corrected chi connectivity index (χ2v) is 34.7. The molecular weight excluding hydrogens is 1640 g/mol. The van der Waals surface area contributed by atoms with Crippen LogP contribution in [-0.4, -0.2) is 121 Å². The number of hydrogen-bond donors (Lipinski definition) is 1. The summed E-state index contributed by atoms with van der Waals surface area (Å²) in [4.78, 5) is 63.7. The Morgan fingerprint density at radius 2 is 0.845 bits per heavy atom. The van der Waals surface area contributed by atoms with E-state index in [0.717, 1.165) is 74.8 Å². The molecule has 0 aliphatic heterocycles. The van der Waals surface area contributed by atoms with Crippen LogP contribution < -0.4 is 24.3 Å². The molecule has 11 aromatic heterocycles. The summed E-state index contributed by atoms with van der Waals surface area (Å²) < 4.78 is 48.5. The lowest BCUT2D eigenvalue weighted by molar-refractivity contribution is 0.140.